The third kappa shape index (κ3) is 2.69. The van der Waals surface area contributed by atoms with Crippen molar-refractivity contribution in [3.63, 3.8) is 0 Å². The predicted molar refractivity (Wildman–Crippen MR) is 81.1 cm³/mol. The molecule has 1 amide bonds. The number of hydrogen-bond donors (Lipinski definition) is 2. The maximum Gasteiger partial charge on any atom is 0.293 e. The summed E-state index contributed by atoms with van der Waals surface area (Å²) < 4.78 is 1.45. The van der Waals surface area contributed by atoms with Crippen LogP contribution in [0.15, 0.2) is 54.9 Å². The zero-order valence-corrected chi connectivity index (χ0v) is 12.0. The molecule has 22 heavy (non-hydrogen) atoms. The fourth-order valence-electron chi connectivity index (χ4n) is 2.06. The van der Waals surface area contributed by atoms with Crippen LogP contribution in [-0.4, -0.2) is 25.9 Å². The van der Waals surface area contributed by atoms with Crippen molar-refractivity contribution >= 4 is 17.5 Å². The van der Waals surface area contributed by atoms with Gasteiger partial charge in [-0.15, -0.1) is 0 Å². The average molecular weight is 315 g/mol. The van der Waals surface area contributed by atoms with Crippen molar-refractivity contribution in [3.8, 4) is 16.9 Å². The van der Waals surface area contributed by atoms with Gasteiger partial charge >= 0.3 is 0 Å². The first-order chi connectivity index (χ1) is 10.7. The first kappa shape index (κ1) is 14.2. The van der Waals surface area contributed by atoms with Gasteiger partial charge in [0, 0.05) is 18.0 Å². The van der Waals surface area contributed by atoms with Gasteiger partial charge in [0.05, 0.1) is 16.4 Å². The highest BCUT2D eigenvalue weighted by atomic mass is 35.5. The average Bonchev–Trinajstić information content (AvgIpc) is 3.00. The van der Waals surface area contributed by atoms with E-state index in [1.54, 1.807) is 35.9 Å². The van der Waals surface area contributed by atoms with Gasteiger partial charge in [-0.05, 0) is 24.3 Å². The van der Waals surface area contributed by atoms with E-state index in [2.05, 4.69) is 10.1 Å². The van der Waals surface area contributed by atoms with Gasteiger partial charge in [0.25, 0.3) is 5.91 Å². The lowest BCUT2D eigenvalue weighted by Gasteiger charge is -2.05. The molecule has 1 aromatic carbocycles. The van der Waals surface area contributed by atoms with Gasteiger partial charge in [0.15, 0.2) is 0 Å². The molecule has 0 aliphatic carbocycles. The molecule has 0 unspecified atom stereocenters. The Hall–Kier alpha value is -2.70. The Morgan fingerprint density at radius 3 is 2.64 bits per heavy atom. The normalized spacial score (nSPS) is 10.5. The maximum absolute atomic E-state index is 11.9. The Bertz CT molecular complexity index is 817. The summed E-state index contributed by atoms with van der Waals surface area (Å²) in [5.74, 6) is -0.655. The van der Waals surface area contributed by atoms with Crippen molar-refractivity contribution in [1.29, 1.82) is 0 Å². The first-order valence-corrected chi connectivity index (χ1v) is 6.77. The lowest BCUT2D eigenvalue weighted by molar-refractivity contribution is 0.0697. The number of para-hydroxylation sites is 1. The predicted octanol–water partition coefficient (Wildman–Crippen LogP) is 2.71. The van der Waals surface area contributed by atoms with E-state index in [9.17, 15) is 4.79 Å². The van der Waals surface area contributed by atoms with Gasteiger partial charge < -0.3 is 0 Å². The molecule has 0 atom stereocenters. The Kier molecular flexibility index (Phi) is 3.86. The molecule has 2 heterocycles. The van der Waals surface area contributed by atoms with Crippen LogP contribution in [-0.2, 0) is 0 Å². The minimum atomic E-state index is -0.655. The minimum Gasteiger partial charge on any atom is -0.288 e. The van der Waals surface area contributed by atoms with Gasteiger partial charge in [-0.2, -0.15) is 5.10 Å². The second-order valence-electron chi connectivity index (χ2n) is 4.49. The highest BCUT2D eigenvalue weighted by molar-refractivity contribution is 6.30. The number of aromatic nitrogens is 3. The molecule has 0 fully saturated rings. The number of pyridine rings is 1. The van der Waals surface area contributed by atoms with Crippen molar-refractivity contribution in [2.45, 2.75) is 0 Å². The smallest absolute Gasteiger partial charge is 0.288 e. The van der Waals surface area contributed by atoms with Gasteiger partial charge in [-0.1, -0.05) is 29.8 Å². The zero-order chi connectivity index (χ0) is 15.5. The number of carbonyl (C=O) groups is 1. The molecule has 0 bridgehead atoms. The summed E-state index contributed by atoms with van der Waals surface area (Å²) in [5.41, 5.74) is 3.72. The highest BCUT2D eigenvalue weighted by Gasteiger charge is 2.17. The first-order valence-electron chi connectivity index (χ1n) is 6.40. The largest absolute Gasteiger partial charge is 0.293 e. The molecule has 2 N–H and O–H groups in total. The number of benzene rings is 1. The SMILES string of the molecule is O=C(NO)c1cc(-c2cncc(Cl)c2)nn1-c1ccccc1. The minimum absolute atomic E-state index is 0.198. The summed E-state index contributed by atoms with van der Waals surface area (Å²) in [6.07, 6.45) is 3.12. The van der Waals surface area contributed by atoms with Gasteiger partial charge in [0.2, 0.25) is 0 Å². The van der Waals surface area contributed by atoms with Crippen LogP contribution < -0.4 is 5.48 Å². The molecule has 6 nitrogen and oxygen atoms in total. The van der Waals surface area contributed by atoms with Crippen LogP contribution in [0.1, 0.15) is 10.5 Å². The molecule has 3 rings (SSSR count). The highest BCUT2D eigenvalue weighted by Crippen LogP contribution is 2.23. The summed E-state index contributed by atoms with van der Waals surface area (Å²) in [5, 5.41) is 13.8. The molecule has 0 aliphatic heterocycles. The van der Waals surface area contributed by atoms with E-state index in [1.165, 1.54) is 10.9 Å². The molecule has 0 radical (unpaired) electrons. The Balaban J connectivity index is 2.15. The van der Waals surface area contributed by atoms with Crippen LogP contribution in [0.4, 0.5) is 0 Å². The molecule has 2 aromatic heterocycles. The van der Waals surface area contributed by atoms with Gasteiger partial charge in [-0.25, -0.2) is 10.2 Å². The van der Waals surface area contributed by atoms with Crippen LogP contribution in [0.5, 0.6) is 0 Å². The van der Waals surface area contributed by atoms with Crippen LogP contribution >= 0.6 is 11.6 Å². The number of carbonyl (C=O) groups excluding carboxylic acids is 1. The van der Waals surface area contributed by atoms with E-state index in [0.717, 1.165) is 0 Å². The summed E-state index contributed by atoms with van der Waals surface area (Å²) >= 11 is 5.93. The van der Waals surface area contributed by atoms with Crippen molar-refractivity contribution in [2.24, 2.45) is 0 Å². The van der Waals surface area contributed by atoms with Crippen LogP contribution in [0, 0.1) is 0 Å². The molecule has 3 aromatic rings. The fourth-order valence-corrected chi connectivity index (χ4v) is 2.23. The fraction of sp³-hybridized carbons (Fsp3) is 0. The molecule has 0 spiro atoms. The molecule has 110 valence electrons. The molecule has 0 saturated carbocycles. The van der Waals surface area contributed by atoms with Crippen molar-refractivity contribution < 1.29 is 10.0 Å². The number of halogens is 1. The van der Waals surface area contributed by atoms with Crippen molar-refractivity contribution in [2.75, 3.05) is 0 Å². The summed E-state index contributed by atoms with van der Waals surface area (Å²) in [6, 6.07) is 12.4. The van der Waals surface area contributed by atoms with Crippen molar-refractivity contribution in [1.82, 2.24) is 20.2 Å². The van der Waals surface area contributed by atoms with E-state index in [0.29, 0.717) is 22.0 Å². The van der Waals surface area contributed by atoms with E-state index in [4.69, 9.17) is 16.8 Å². The zero-order valence-electron chi connectivity index (χ0n) is 11.3. The number of nitrogens with one attached hydrogen (secondary N) is 1. The number of hydroxylamine groups is 1. The van der Waals surface area contributed by atoms with Crippen molar-refractivity contribution in [3.05, 3.63) is 65.6 Å². The lowest BCUT2D eigenvalue weighted by atomic mass is 10.2. The van der Waals surface area contributed by atoms with E-state index >= 15 is 0 Å². The second-order valence-corrected chi connectivity index (χ2v) is 4.93. The Labute approximate surface area is 131 Å². The summed E-state index contributed by atoms with van der Waals surface area (Å²) in [4.78, 5) is 15.9. The number of hydrogen-bond acceptors (Lipinski definition) is 4. The van der Waals surface area contributed by atoms with E-state index in [-0.39, 0.29) is 5.69 Å². The van der Waals surface area contributed by atoms with Gasteiger partial charge in [-0.3, -0.25) is 15.0 Å². The summed E-state index contributed by atoms with van der Waals surface area (Å²) in [7, 11) is 0. The van der Waals surface area contributed by atoms with E-state index in [1.807, 2.05) is 18.2 Å². The third-order valence-electron chi connectivity index (χ3n) is 3.04. The van der Waals surface area contributed by atoms with Gasteiger partial charge in [0.1, 0.15) is 5.69 Å². The topological polar surface area (TPSA) is 80.0 Å². The third-order valence-corrected chi connectivity index (χ3v) is 3.25. The summed E-state index contributed by atoms with van der Waals surface area (Å²) in [6.45, 7) is 0. The molecule has 0 aliphatic rings. The standard InChI is InChI=1S/C15H11ClN4O2/c16-11-6-10(8-17-9-11)13-7-14(15(21)19-22)20(18-13)12-4-2-1-3-5-12/h1-9,22H,(H,19,21). The monoisotopic (exact) mass is 314 g/mol. The maximum atomic E-state index is 11.9. The van der Waals surface area contributed by atoms with Crippen LogP contribution in [0.3, 0.4) is 0 Å². The molecular formula is C15H11ClN4O2. The number of nitrogens with zero attached hydrogens (tertiary/aromatic N) is 3. The quantitative estimate of drug-likeness (QED) is 0.575. The Morgan fingerprint density at radius 2 is 1.95 bits per heavy atom. The van der Waals surface area contributed by atoms with Crippen LogP contribution in [0.2, 0.25) is 5.02 Å². The number of amides is 1. The molecular weight excluding hydrogens is 304 g/mol. The number of rotatable bonds is 3. The molecule has 7 heteroatoms. The Morgan fingerprint density at radius 1 is 1.18 bits per heavy atom. The van der Waals surface area contributed by atoms with Crippen LogP contribution in [0.25, 0.3) is 16.9 Å². The van der Waals surface area contributed by atoms with E-state index < -0.39 is 5.91 Å². The molecule has 0 saturated heterocycles. The lowest BCUT2D eigenvalue weighted by Crippen LogP contribution is -2.22. The second kappa shape index (κ2) is 5.97.